The maximum Gasteiger partial charge on any atom is -0.0170 e. The molecule has 0 saturated heterocycles. The fraction of sp³-hybridized carbons (Fsp3) is 0.444. The second-order valence-electron chi connectivity index (χ2n) is 1.93. The molecule has 0 spiro atoms. The van der Waals surface area contributed by atoms with Crippen molar-refractivity contribution in [2.24, 2.45) is 0 Å². The first-order valence-corrected chi connectivity index (χ1v) is 3.51. The number of rotatable bonds is 5. The third-order valence-corrected chi connectivity index (χ3v) is 1.07. The Kier molecular flexibility index (Phi) is 7.05. The van der Waals surface area contributed by atoms with Gasteiger partial charge in [-0.1, -0.05) is 25.2 Å². The smallest absolute Gasteiger partial charge is 0.0170 e. The van der Waals surface area contributed by atoms with Crippen molar-refractivity contribution in [1.82, 2.24) is 0 Å². The fourth-order valence-corrected chi connectivity index (χ4v) is 0.595. The zero-order chi connectivity index (χ0) is 6.95. The Balaban J connectivity index is 2.90. The van der Waals surface area contributed by atoms with Crippen LogP contribution in [0.1, 0.15) is 26.2 Å². The van der Waals surface area contributed by atoms with Crippen molar-refractivity contribution < 1.29 is 0 Å². The van der Waals surface area contributed by atoms with Gasteiger partial charge in [-0.3, -0.25) is 0 Å². The largest absolute Gasteiger partial charge is 0.103 e. The van der Waals surface area contributed by atoms with Gasteiger partial charge in [-0.15, -0.1) is 6.58 Å². The summed E-state index contributed by atoms with van der Waals surface area (Å²) in [5.74, 6) is 0. The van der Waals surface area contributed by atoms with Gasteiger partial charge in [0.2, 0.25) is 0 Å². The molecule has 0 amide bonds. The lowest BCUT2D eigenvalue weighted by Gasteiger charge is -1.86. The summed E-state index contributed by atoms with van der Waals surface area (Å²) >= 11 is 0. The van der Waals surface area contributed by atoms with Crippen LogP contribution >= 0.6 is 0 Å². The minimum atomic E-state index is 1.12. The van der Waals surface area contributed by atoms with Crippen molar-refractivity contribution in [2.45, 2.75) is 26.2 Å². The zero-order valence-electron chi connectivity index (χ0n) is 6.14. The van der Waals surface area contributed by atoms with E-state index in [2.05, 4.69) is 32.1 Å². The van der Waals surface area contributed by atoms with E-state index in [1.807, 2.05) is 6.08 Å². The average molecular weight is 123 g/mol. The summed E-state index contributed by atoms with van der Waals surface area (Å²) in [6, 6.07) is 0. The third kappa shape index (κ3) is 7.48. The first kappa shape index (κ1) is 8.48. The predicted octanol–water partition coefficient (Wildman–Crippen LogP) is 3.12. The fourth-order valence-electron chi connectivity index (χ4n) is 0.595. The molecule has 0 aliphatic carbocycles. The Hall–Kier alpha value is -0.520. The summed E-state index contributed by atoms with van der Waals surface area (Å²) < 4.78 is 0. The Morgan fingerprint density at radius 2 is 2.00 bits per heavy atom. The summed E-state index contributed by atoms with van der Waals surface area (Å²) in [6.07, 6.45) is 11.8. The molecule has 0 saturated carbocycles. The van der Waals surface area contributed by atoms with Gasteiger partial charge < -0.3 is 0 Å². The molecule has 9 heavy (non-hydrogen) atoms. The van der Waals surface area contributed by atoms with E-state index in [1.165, 1.54) is 0 Å². The molecule has 0 aromatic carbocycles. The molecule has 0 aliphatic heterocycles. The van der Waals surface area contributed by atoms with Gasteiger partial charge in [-0.2, -0.15) is 0 Å². The highest BCUT2D eigenvalue weighted by Crippen LogP contribution is 1.95. The van der Waals surface area contributed by atoms with E-state index in [0.717, 1.165) is 19.3 Å². The standard InChI is InChI=1S/C9H15/c1-3-5-7-9-8-6-4-2/h3,5-6,8H,1,4,7,9H2,2H3/b8-6+. The summed E-state index contributed by atoms with van der Waals surface area (Å²) in [6.45, 7) is 5.75. The Bertz CT molecular complexity index is 80.0. The highest BCUT2D eigenvalue weighted by atomic mass is 13.8. The van der Waals surface area contributed by atoms with Crippen LogP contribution < -0.4 is 0 Å². The van der Waals surface area contributed by atoms with Crippen LogP contribution in [0.4, 0.5) is 0 Å². The van der Waals surface area contributed by atoms with Gasteiger partial charge in [0, 0.05) is 0 Å². The van der Waals surface area contributed by atoms with Gasteiger partial charge in [-0.05, 0) is 25.7 Å². The van der Waals surface area contributed by atoms with Gasteiger partial charge in [0.05, 0.1) is 0 Å². The molecule has 0 aromatic rings. The zero-order valence-corrected chi connectivity index (χ0v) is 6.14. The minimum absolute atomic E-state index is 1.12. The molecule has 0 aromatic heterocycles. The van der Waals surface area contributed by atoms with E-state index in [4.69, 9.17) is 0 Å². The summed E-state index contributed by atoms with van der Waals surface area (Å²) in [7, 11) is 0. The van der Waals surface area contributed by atoms with Crippen LogP contribution in [0.2, 0.25) is 0 Å². The Labute approximate surface area is 58.3 Å². The van der Waals surface area contributed by atoms with Crippen molar-refractivity contribution in [3.05, 3.63) is 31.2 Å². The van der Waals surface area contributed by atoms with Crippen molar-refractivity contribution >= 4 is 0 Å². The molecule has 0 fully saturated rings. The lowest BCUT2D eigenvalue weighted by molar-refractivity contribution is 0.995. The van der Waals surface area contributed by atoms with Gasteiger partial charge in [-0.25, -0.2) is 0 Å². The maximum atomic E-state index is 3.60. The van der Waals surface area contributed by atoms with E-state index in [1.54, 1.807) is 0 Å². The molecule has 0 N–H and O–H groups in total. The van der Waals surface area contributed by atoms with Gasteiger partial charge in [0.15, 0.2) is 0 Å². The molecule has 0 heteroatoms. The van der Waals surface area contributed by atoms with E-state index in [9.17, 15) is 0 Å². The van der Waals surface area contributed by atoms with Crippen molar-refractivity contribution in [1.29, 1.82) is 0 Å². The number of hydrogen-bond acceptors (Lipinski definition) is 0. The summed E-state index contributed by atoms with van der Waals surface area (Å²) in [5, 5.41) is 0. The van der Waals surface area contributed by atoms with E-state index in [0.29, 0.717) is 0 Å². The van der Waals surface area contributed by atoms with Crippen LogP contribution in [0.15, 0.2) is 24.8 Å². The number of unbranched alkanes of at least 4 members (excludes halogenated alkanes) is 2. The van der Waals surface area contributed by atoms with Crippen LogP contribution in [0.25, 0.3) is 0 Å². The van der Waals surface area contributed by atoms with Gasteiger partial charge in [0.1, 0.15) is 0 Å². The Morgan fingerprint density at radius 3 is 2.56 bits per heavy atom. The molecule has 51 valence electrons. The SMILES string of the molecule is C=C[CH]CC/C=C/CC. The molecule has 0 nitrogen and oxygen atoms in total. The van der Waals surface area contributed by atoms with E-state index in [-0.39, 0.29) is 0 Å². The van der Waals surface area contributed by atoms with Crippen LogP contribution in [0.5, 0.6) is 0 Å². The first-order chi connectivity index (χ1) is 4.41. The predicted molar refractivity (Wildman–Crippen MR) is 43.2 cm³/mol. The van der Waals surface area contributed by atoms with Gasteiger partial charge >= 0.3 is 0 Å². The lowest BCUT2D eigenvalue weighted by atomic mass is 10.2. The second kappa shape index (κ2) is 7.48. The monoisotopic (exact) mass is 123 g/mol. The molecule has 0 aliphatic rings. The quantitative estimate of drug-likeness (QED) is 0.389. The van der Waals surface area contributed by atoms with E-state index >= 15 is 0 Å². The molecule has 1 radical (unpaired) electrons. The lowest BCUT2D eigenvalue weighted by Crippen LogP contribution is -1.68. The Morgan fingerprint density at radius 1 is 1.22 bits per heavy atom. The van der Waals surface area contributed by atoms with Crippen molar-refractivity contribution in [2.75, 3.05) is 0 Å². The molecule has 0 bridgehead atoms. The molecular formula is C9H15. The number of allylic oxidation sites excluding steroid dienone is 3. The summed E-state index contributed by atoms with van der Waals surface area (Å²) in [5.41, 5.74) is 0. The van der Waals surface area contributed by atoms with Crippen LogP contribution in [0.3, 0.4) is 0 Å². The number of hydrogen-bond donors (Lipinski definition) is 0. The van der Waals surface area contributed by atoms with Crippen molar-refractivity contribution in [3.8, 4) is 0 Å². The molecule has 0 rings (SSSR count). The minimum Gasteiger partial charge on any atom is -0.103 e. The third-order valence-electron chi connectivity index (χ3n) is 1.07. The van der Waals surface area contributed by atoms with Gasteiger partial charge in [0.25, 0.3) is 0 Å². The highest BCUT2D eigenvalue weighted by Gasteiger charge is 1.77. The van der Waals surface area contributed by atoms with E-state index < -0.39 is 0 Å². The van der Waals surface area contributed by atoms with Crippen LogP contribution in [-0.2, 0) is 0 Å². The molecule has 0 unspecified atom stereocenters. The first-order valence-electron chi connectivity index (χ1n) is 3.51. The molecule has 0 heterocycles. The molecule has 0 atom stereocenters. The van der Waals surface area contributed by atoms with Crippen molar-refractivity contribution in [3.63, 3.8) is 0 Å². The highest BCUT2D eigenvalue weighted by molar-refractivity contribution is 4.90. The van der Waals surface area contributed by atoms with Crippen LogP contribution in [0, 0.1) is 6.42 Å². The summed E-state index contributed by atoms with van der Waals surface area (Å²) in [4.78, 5) is 0. The topological polar surface area (TPSA) is 0 Å². The van der Waals surface area contributed by atoms with Crippen LogP contribution in [-0.4, -0.2) is 0 Å². The average Bonchev–Trinajstić information content (AvgIpc) is 1.89. The maximum absolute atomic E-state index is 3.60. The second-order valence-corrected chi connectivity index (χ2v) is 1.93. The molecular weight excluding hydrogens is 108 g/mol. The normalized spacial score (nSPS) is 10.3.